The number of hydrogen-bond acceptors (Lipinski definition) is 6. The highest BCUT2D eigenvalue weighted by Gasteiger charge is 2.53. The predicted octanol–water partition coefficient (Wildman–Crippen LogP) is 4.09. The molecular weight excluding hydrogens is 392 g/mol. The molecule has 9 heteroatoms. The second-order valence-electron chi connectivity index (χ2n) is 8.03. The molecule has 0 bridgehead atoms. The van der Waals surface area contributed by atoms with Crippen LogP contribution >= 0.6 is 11.3 Å². The lowest BCUT2D eigenvalue weighted by Crippen LogP contribution is -2.41. The van der Waals surface area contributed by atoms with Crippen LogP contribution in [0.2, 0.25) is 0 Å². The number of nitrogens with zero attached hydrogens (tertiary/aromatic N) is 3. The molecule has 1 saturated heterocycles. The highest BCUT2D eigenvalue weighted by molar-refractivity contribution is 7.16. The number of hydrogen-bond donors (Lipinski definition) is 1. The fourth-order valence-corrected chi connectivity index (χ4v) is 4.16. The van der Waals surface area contributed by atoms with E-state index >= 15 is 0 Å². The first-order valence-corrected chi connectivity index (χ1v) is 10.3. The molecule has 0 saturated carbocycles. The summed E-state index contributed by atoms with van der Waals surface area (Å²) in [6.07, 6.45) is 6.73. The second kappa shape index (κ2) is 7.32. The van der Waals surface area contributed by atoms with Gasteiger partial charge in [-0.2, -0.15) is 5.10 Å². The van der Waals surface area contributed by atoms with Gasteiger partial charge >= 0.3 is 7.12 Å². The largest absolute Gasteiger partial charge is 0.525 e. The zero-order valence-corrected chi connectivity index (χ0v) is 17.7. The van der Waals surface area contributed by atoms with Crippen molar-refractivity contribution in [2.24, 2.45) is 0 Å². The summed E-state index contributed by atoms with van der Waals surface area (Å²) in [5.41, 5.74) is 0.154. The average molecular weight is 415 g/mol. The Bertz CT molecular complexity index is 1060. The lowest BCUT2D eigenvalue weighted by atomic mass is 9.87. The molecule has 1 N–H and O–H groups in total. The second-order valence-corrected chi connectivity index (χ2v) is 9.15. The highest BCUT2D eigenvalue weighted by Crippen LogP contribution is 2.40. The fraction of sp³-hybridized carbons (Fsp3) is 0.400. The van der Waals surface area contributed by atoms with Gasteiger partial charge in [0.2, 0.25) is 0 Å². The van der Waals surface area contributed by atoms with Crippen molar-refractivity contribution in [3.63, 3.8) is 0 Å². The van der Waals surface area contributed by atoms with E-state index in [-0.39, 0.29) is 6.61 Å². The van der Waals surface area contributed by atoms with E-state index in [1.165, 1.54) is 17.4 Å². The zero-order valence-electron chi connectivity index (χ0n) is 16.8. The molecule has 0 radical (unpaired) electrons. The molecule has 4 rings (SSSR count). The van der Waals surface area contributed by atoms with Crippen molar-refractivity contribution in [3.05, 3.63) is 41.3 Å². The molecule has 152 valence electrons. The molecule has 1 fully saturated rings. The Kier molecular flexibility index (Phi) is 5.10. The minimum Gasteiger partial charge on any atom is -0.398 e. The number of rotatable bonds is 5. The fourth-order valence-electron chi connectivity index (χ4n) is 3.19. The van der Waals surface area contributed by atoms with Crippen molar-refractivity contribution in [3.8, 4) is 10.4 Å². The number of thiophene rings is 1. The number of aromatic nitrogens is 3. The molecule has 0 atom stereocenters. The molecule has 0 amide bonds. The number of pyridine rings is 1. The summed E-state index contributed by atoms with van der Waals surface area (Å²) in [5.74, 6) is 0. The van der Waals surface area contributed by atoms with E-state index in [1.54, 1.807) is 23.3 Å². The first-order valence-electron chi connectivity index (χ1n) is 9.45. The van der Waals surface area contributed by atoms with Crippen LogP contribution in [0.25, 0.3) is 27.4 Å². The van der Waals surface area contributed by atoms with Gasteiger partial charge in [0.05, 0.1) is 42.3 Å². The number of fused-ring (bicyclic) bond motifs is 1. The third kappa shape index (κ3) is 3.63. The van der Waals surface area contributed by atoms with Gasteiger partial charge in [-0.1, -0.05) is 0 Å². The van der Waals surface area contributed by atoms with Gasteiger partial charge in [-0.3, -0.25) is 9.67 Å². The quantitative estimate of drug-likeness (QED) is 0.636. The Morgan fingerprint density at radius 2 is 1.93 bits per heavy atom. The molecule has 4 heterocycles. The van der Waals surface area contributed by atoms with Crippen molar-refractivity contribution >= 4 is 35.4 Å². The summed E-state index contributed by atoms with van der Waals surface area (Å²) in [4.78, 5) is 6.02. The molecule has 29 heavy (non-hydrogen) atoms. The smallest absolute Gasteiger partial charge is 0.398 e. The van der Waals surface area contributed by atoms with Gasteiger partial charge in [0, 0.05) is 26.9 Å². The summed E-state index contributed by atoms with van der Waals surface area (Å²) < 4.78 is 28.1. The summed E-state index contributed by atoms with van der Waals surface area (Å²) in [5, 5.41) is 14.4. The molecule has 3 aromatic rings. The standard InChI is InChI=1S/C20H23BFN3O3S/c1-19(2)20(3,4)28-21(27-19)18(22)9-13-5-6-17(29-13)15-10-23-12-16-14(15)11-24-25(16)7-8-26/h5-6,9-12,26H,7-8H2,1-4H3. The molecule has 0 aliphatic carbocycles. The number of aliphatic hydroxyl groups is 1. The minimum atomic E-state index is -1.01. The van der Waals surface area contributed by atoms with Gasteiger partial charge in [0.1, 0.15) is 5.73 Å². The molecular formula is C20H23BFN3O3S. The summed E-state index contributed by atoms with van der Waals surface area (Å²) >= 11 is 1.46. The van der Waals surface area contributed by atoms with Crippen molar-refractivity contribution in [2.75, 3.05) is 6.61 Å². The molecule has 6 nitrogen and oxygen atoms in total. The van der Waals surface area contributed by atoms with Crippen LogP contribution in [0.15, 0.2) is 36.4 Å². The lowest BCUT2D eigenvalue weighted by molar-refractivity contribution is 0.00578. The Morgan fingerprint density at radius 3 is 2.62 bits per heavy atom. The van der Waals surface area contributed by atoms with Crippen molar-refractivity contribution in [1.82, 2.24) is 14.8 Å². The van der Waals surface area contributed by atoms with Crippen LogP contribution in [-0.2, 0) is 15.9 Å². The predicted molar refractivity (Wildman–Crippen MR) is 113 cm³/mol. The van der Waals surface area contributed by atoms with Crippen LogP contribution in [-0.4, -0.2) is 44.8 Å². The van der Waals surface area contributed by atoms with E-state index in [0.717, 1.165) is 26.2 Å². The van der Waals surface area contributed by atoms with E-state index in [9.17, 15) is 9.50 Å². The van der Waals surface area contributed by atoms with Crippen LogP contribution in [0, 0.1) is 0 Å². The normalized spacial score (nSPS) is 18.7. The van der Waals surface area contributed by atoms with E-state index in [0.29, 0.717) is 6.54 Å². The van der Waals surface area contributed by atoms with Crippen molar-refractivity contribution in [2.45, 2.75) is 45.4 Å². The molecule has 0 spiro atoms. The van der Waals surface area contributed by atoms with Gasteiger partial charge in [0.25, 0.3) is 0 Å². The van der Waals surface area contributed by atoms with E-state index in [4.69, 9.17) is 9.31 Å². The SMILES string of the molecule is CC1(C)OB(C(F)=Cc2ccc(-c3cncc4c3cnn4CCO)s2)OC1(C)C. The average Bonchev–Trinajstić information content (AvgIpc) is 3.33. The van der Waals surface area contributed by atoms with Crippen LogP contribution in [0.5, 0.6) is 0 Å². The maximum absolute atomic E-state index is 14.8. The van der Waals surface area contributed by atoms with Gasteiger partial charge in [-0.15, -0.1) is 11.3 Å². The first-order chi connectivity index (χ1) is 13.7. The maximum Gasteiger partial charge on any atom is 0.525 e. The number of aliphatic hydroxyl groups excluding tert-OH is 1. The summed E-state index contributed by atoms with van der Waals surface area (Å²) in [7, 11) is -1.01. The van der Waals surface area contributed by atoms with Crippen LogP contribution in [0.4, 0.5) is 4.39 Å². The van der Waals surface area contributed by atoms with Gasteiger partial charge < -0.3 is 14.4 Å². The lowest BCUT2D eigenvalue weighted by Gasteiger charge is -2.32. The van der Waals surface area contributed by atoms with Gasteiger partial charge in [0.15, 0.2) is 0 Å². The van der Waals surface area contributed by atoms with Gasteiger partial charge in [-0.05, 0) is 45.9 Å². The molecule has 1 aliphatic rings. The zero-order chi connectivity index (χ0) is 20.8. The molecule has 0 aromatic carbocycles. The molecule has 3 aromatic heterocycles. The summed E-state index contributed by atoms with van der Waals surface area (Å²) in [6.45, 7) is 8.00. The van der Waals surface area contributed by atoms with Crippen molar-refractivity contribution < 1.29 is 18.8 Å². The van der Waals surface area contributed by atoms with Crippen molar-refractivity contribution in [1.29, 1.82) is 0 Å². The van der Waals surface area contributed by atoms with Crippen LogP contribution < -0.4 is 0 Å². The summed E-state index contributed by atoms with van der Waals surface area (Å²) in [6, 6.07) is 3.80. The molecule has 0 unspecified atom stereocenters. The maximum atomic E-state index is 14.8. The van der Waals surface area contributed by atoms with E-state index in [2.05, 4.69) is 10.1 Å². The third-order valence-corrected chi connectivity index (χ3v) is 6.60. The minimum absolute atomic E-state index is 0.00709. The number of halogens is 1. The highest BCUT2D eigenvalue weighted by atomic mass is 32.1. The Labute approximate surface area is 173 Å². The Hall–Kier alpha value is -2.07. The van der Waals surface area contributed by atoms with Crippen LogP contribution in [0.1, 0.15) is 32.6 Å². The Morgan fingerprint density at radius 1 is 1.21 bits per heavy atom. The van der Waals surface area contributed by atoms with Gasteiger partial charge in [-0.25, -0.2) is 4.39 Å². The Balaban J connectivity index is 1.61. The topological polar surface area (TPSA) is 69.4 Å². The van der Waals surface area contributed by atoms with E-state index in [1.807, 2.05) is 39.8 Å². The third-order valence-electron chi connectivity index (χ3n) is 5.53. The van der Waals surface area contributed by atoms with Crippen LogP contribution in [0.3, 0.4) is 0 Å². The first kappa shape index (κ1) is 20.2. The van der Waals surface area contributed by atoms with E-state index < -0.39 is 24.0 Å². The monoisotopic (exact) mass is 415 g/mol. The molecule has 1 aliphatic heterocycles.